The van der Waals surface area contributed by atoms with Crippen molar-refractivity contribution in [1.82, 2.24) is 10.2 Å². The van der Waals surface area contributed by atoms with Crippen LogP contribution in [0.5, 0.6) is 0 Å². The second-order valence-electron chi connectivity index (χ2n) is 4.76. The zero-order valence-corrected chi connectivity index (χ0v) is 10.9. The van der Waals surface area contributed by atoms with E-state index in [1.165, 1.54) is 12.8 Å². The van der Waals surface area contributed by atoms with Crippen LogP contribution in [0.1, 0.15) is 39.0 Å². The lowest BCUT2D eigenvalue weighted by atomic mass is 9.96. The highest BCUT2D eigenvalue weighted by molar-refractivity contribution is 5.85. The molecule has 94 valence electrons. The quantitative estimate of drug-likeness (QED) is 0.806. The first-order valence-corrected chi connectivity index (χ1v) is 6.34. The number of carbonyl (C=O) groups excluding carboxylic acids is 1. The Hall–Kier alpha value is -0.280. The molecule has 0 radical (unpaired) electrons. The Morgan fingerprint density at radius 3 is 2.62 bits per heavy atom. The summed E-state index contributed by atoms with van der Waals surface area (Å²) in [5.41, 5.74) is 0. The van der Waals surface area contributed by atoms with Gasteiger partial charge in [-0.15, -0.1) is 12.4 Å². The number of nitrogens with one attached hydrogen (secondary N) is 1. The van der Waals surface area contributed by atoms with Gasteiger partial charge < -0.3 is 10.2 Å². The third kappa shape index (κ3) is 2.89. The van der Waals surface area contributed by atoms with E-state index in [4.69, 9.17) is 0 Å². The van der Waals surface area contributed by atoms with E-state index in [-0.39, 0.29) is 12.4 Å². The molecule has 2 heterocycles. The topological polar surface area (TPSA) is 32.3 Å². The Morgan fingerprint density at radius 1 is 1.31 bits per heavy atom. The molecule has 2 saturated heterocycles. The van der Waals surface area contributed by atoms with Crippen molar-refractivity contribution >= 4 is 18.3 Å². The van der Waals surface area contributed by atoms with Crippen LogP contribution in [-0.4, -0.2) is 36.5 Å². The summed E-state index contributed by atoms with van der Waals surface area (Å²) in [4.78, 5) is 14.4. The van der Waals surface area contributed by atoms with Gasteiger partial charge in [0.1, 0.15) is 0 Å². The van der Waals surface area contributed by atoms with Gasteiger partial charge in [0.25, 0.3) is 0 Å². The summed E-state index contributed by atoms with van der Waals surface area (Å²) in [6.07, 6.45) is 5.61. The van der Waals surface area contributed by atoms with E-state index in [1.807, 2.05) is 0 Å². The monoisotopic (exact) mass is 246 g/mol. The van der Waals surface area contributed by atoms with Crippen LogP contribution in [0.2, 0.25) is 0 Å². The fraction of sp³-hybridized carbons (Fsp3) is 0.917. The van der Waals surface area contributed by atoms with E-state index < -0.39 is 0 Å². The summed E-state index contributed by atoms with van der Waals surface area (Å²) in [6, 6.07) is 0.535. The van der Waals surface area contributed by atoms with Crippen molar-refractivity contribution in [3.05, 3.63) is 0 Å². The van der Waals surface area contributed by atoms with Gasteiger partial charge in [-0.1, -0.05) is 6.92 Å². The van der Waals surface area contributed by atoms with Gasteiger partial charge >= 0.3 is 0 Å². The molecule has 16 heavy (non-hydrogen) atoms. The molecule has 2 aliphatic rings. The van der Waals surface area contributed by atoms with Gasteiger partial charge in [0.15, 0.2) is 0 Å². The lowest BCUT2D eigenvalue weighted by Gasteiger charge is -2.30. The summed E-state index contributed by atoms with van der Waals surface area (Å²) >= 11 is 0. The third-order valence-electron chi connectivity index (χ3n) is 3.82. The molecule has 2 rings (SSSR count). The largest absolute Gasteiger partial charge is 0.339 e. The first-order valence-electron chi connectivity index (χ1n) is 6.34. The highest BCUT2D eigenvalue weighted by Gasteiger charge is 2.32. The van der Waals surface area contributed by atoms with Crippen LogP contribution >= 0.6 is 12.4 Å². The standard InChI is InChI=1S/C12H22N2O.ClH/c1-2-11-4-3-9-14(11)12(15)10-5-7-13-8-6-10;/h10-11,13H,2-9H2,1H3;1H. The summed E-state index contributed by atoms with van der Waals surface area (Å²) in [6.45, 7) is 5.22. The Balaban J connectivity index is 0.00000128. The summed E-state index contributed by atoms with van der Waals surface area (Å²) < 4.78 is 0. The molecule has 2 aliphatic heterocycles. The molecule has 1 atom stereocenters. The van der Waals surface area contributed by atoms with Gasteiger partial charge in [0.05, 0.1) is 0 Å². The maximum absolute atomic E-state index is 12.3. The molecule has 3 nitrogen and oxygen atoms in total. The summed E-state index contributed by atoms with van der Waals surface area (Å²) in [5.74, 6) is 0.735. The maximum atomic E-state index is 12.3. The van der Waals surface area contributed by atoms with Crippen molar-refractivity contribution in [1.29, 1.82) is 0 Å². The van der Waals surface area contributed by atoms with Crippen LogP contribution in [-0.2, 0) is 4.79 Å². The van der Waals surface area contributed by atoms with Crippen LogP contribution in [0.4, 0.5) is 0 Å². The fourth-order valence-corrected chi connectivity index (χ4v) is 2.85. The number of amides is 1. The van der Waals surface area contributed by atoms with Gasteiger partial charge in [-0.25, -0.2) is 0 Å². The molecular formula is C12H23ClN2O. The number of rotatable bonds is 2. The third-order valence-corrected chi connectivity index (χ3v) is 3.82. The fourth-order valence-electron chi connectivity index (χ4n) is 2.85. The predicted octanol–water partition coefficient (Wildman–Crippen LogP) is 1.81. The van der Waals surface area contributed by atoms with Crippen LogP contribution in [0, 0.1) is 5.92 Å². The molecule has 0 spiro atoms. The Bertz CT molecular complexity index is 229. The Morgan fingerprint density at radius 2 is 2.00 bits per heavy atom. The van der Waals surface area contributed by atoms with E-state index in [0.717, 1.165) is 38.9 Å². The molecule has 0 saturated carbocycles. The first kappa shape index (κ1) is 13.8. The van der Waals surface area contributed by atoms with Crippen LogP contribution in [0.25, 0.3) is 0 Å². The van der Waals surface area contributed by atoms with Crippen molar-refractivity contribution < 1.29 is 4.79 Å². The van der Waals surface area contributed by atoms with Gasteiger partial charge in [-0.2, -0.15) is 0 Å². The van der Waals surface area contributed by atoms with Crippen molar-refractivity contribution in [2.24, 2.45) is 5.92 Å². The van der Waals surface area contributed by atoms with Crippen molar-refractivity contribution in [3.63, 3.8) is 0 Å². The van der Waals surface area contributed by atoms with E-state index in [2.05, 4.69) is 17.1 Å². The number of halogens is 1. The van der Waals surface area contributed by atoms with Crippen LogP contribution in [0.3, 0.4) is 0 Å². The van der Waals surface area contributed by atoms with Gasteiger partial charge in [-0.3, -0.25) is 4.79 Å². The zero-order chi connectivity index (χ0) is 10.7. The SMILES string of the molecule is CCC1CCCN1C(=O)C1CCNCC1.Cl. The lowest BCUT2D eigenvalue weighted by Crippen LogP contribution is -2.43. The number of nitrogens with zero attached hydrogens (tertiary/aromatic N) is 1. The second-order valence-corrected chi connectivity index (χ2v) is 4.76. The van der Waals surface area contributed by atoms with Crippen molar-refractivity contribution in [2.45, 2.75) is 45.1 Å². The predicted molar refractivity (Wildman–Crippen MR) is 67.9 cm³/mol. The van der Waals surface area contributed by atoms with E-state index >= 15 is 0 Å². The molecule has 0 aliphatic carbocycles. The second kappa shape index (κ2) is 6.45. The number of hydrogen-bond acceptors (Lipinski definition) is 2. The van der Waals surface area contributed by atoms with Crippen LogP contribution in [0.15, 0.2) is 0 Å². The summed E-state index contributed by atoms with van der Waals surface area (Å²) in [5, 5.41) is 3.31. The first-order chi connectivity index (χ1) is 7.33. The van der Waals surface area contributed by atoms with Gasteiger partial charge in [0.2, 0.25) is 5.91 Å². The molecule has 1 N–H and O–H groups in total. The molecule has 0 aromatic carbocycles. The van der Waals surface area contributed by atoms with Crippen LogP contribution < -0.4 is 5.32 Å². The van der Waals surface area contributed by atoms with Gasteiger partial charge in [-0.05, 0) is 45.2 Å². The number of carbonyl (C=O) groups is 1. The minimum Gasteiger partial charge on any atom is -0.339 e. The highest BCUT2D eigenvalue weighted by Crippen LogP contribution is 2.24. The average molecular weight is 247 g/mol. The molecule has 1 unspecified atom stereocenters. The average Bonchev–Trinajstić information content (AvgIpc) is 2.77. The number of likely N-dealkylation sites (tertiary alicyclic amines) is 1. The molecule has 4 heteroatoms. The van der Waals surface area contributed by atoms with Gasteiger partial charge in [0, 0.05) is 18.5 Å². The molecule has 0 bridgehead atoms. The van der Waals surface area contributed by atoms with Crippen molar-refractivity contribution in [2.75, 3.05) is 19.6 Å². The molecule has 0 aromatic heterocycles. The molecular weight excluding hydrogens is 224 g/mol. The zero-order valence-electron chi connectivity index (χ0n) is 10.1. The highest BCUT2D eigenvalue weighted by atomic mass is 35.5. The van der Waals surface area contributed by atoms with E-state index in [0.29, 0.717) is 17.9 Å². The molecule has 2 fully saturated rings. The minimum absolute atomic E-state index is 0. The molecule has 0 aromatic rings. The van der Waals surface area contributed by atoms with E-state index in [1.54, 1.807) is 0 Å². The molecule has 1 amide bonds. The van der Waals surface area contributed by atoms with E-state index in [9.17, 15) is 4.79 Å². The maximum Gasteiger partial charge on any atom is 0.226 e. The number of piperidine rings is 1. The normalized spacial score (nSPS) is 26.6. The lowest BCUT2D eigenvalue weighted by molar-refractivity contribution is -0.137. The number of hydrogen-bond donors (Lipinski definition) is 1. The smallest absolute Gasteiger partial charge is 0.226 e. The summed E-state index contributed by atoms with van der Waals surface area (Å²) in [7, 11) is 0. The minimum atomic E-state index is 0. The Kier molecular flexibility index (Phi) is 5.56. The Labute approximate surface area is 104 Å². The van der Waals surface area contributed by atoms with Crippen molar-refractivity contribution in [3.8, 4) is 0 Å².